The lowest BCUT2D eigenvalue weighted by molar-refractivity contribution is 0.0905. The molecular weight excluding hydrogens is 200 g/mol. The third-order valence-corrected chi connectivity index (χ3v) is 2.95. The predicted octanol–water partition coefficient (Wildman–Crippen LogP) is 1.65. The van der Waals surface area contributed by atoms with Gasteiger partial charge in [0.25, 0.3) is 0 Å². The zero-order valence-corrected chi connectivity index (χ0v) is 10.9. The molecule has 1 saturated carbocycles. The SMILES string of the molecule is C=CCN(C1CC1)C(CNC(C)C)COC. The second-order valence-electron chi connectivity index (χ2n) is 4.89. The Bertz CT molecular complexity index is 202. The van der Waals surface area contributed by atoms with Crippen LogP contribution in [-0.2, 0) is 4.74 Å². The van der Waals surface area contributed by atoms with Crippen molar-refractivity contribution in [2.45, 2.75) is 44.8 Å². The van der Waals surface area contributed by atoms with Crippen LogP contribution in [0.2, 0.25) is 0 Å². The number of nitrogens with zero attached hydrogens (tertiary/aromatic N) is 1. The average molecular weight is 226 g/mol. The molecule has 1 fully saturated rings. The van der Waals surface area contributed by atoms with Gasteiger partial charge in [-0.15, -0.1) is 6.58 Å². The minimum absolute atomic E-state index is 0.470. The van der Waals surface area contributed by atoms with E-state index in [9.17, 15) is 0 Å². The molecule has 1 unspecified atom stereocenters. The van der Waals surface area contributed by atoms with E-state index in [0.29, 0.717) is 12.1 Å². The third kappa shape index (κ3) is 4.64. The van der Waals surface area contributed by atoms with Gasteiger partial charge in [-0.25, -0.2) is 0 Å². The number of methoxy groups -OCH3 is 1. The van der Waals surface area contributed by atoms with Crippen LogP contribution < -0.4 is 5.32 Å². The van der Waals surface area contributed by atoms with Crippen LogP contribution in [0.3, 0.4) is 0 Å². The van der Waals surface area contributed by atoms with E-state index in [1.807, 2.05) is 6.08 Å². The van der Waals surface area contributed by atoms with Crippen molar-refractivity contribution >= 4 is 0 Å². The Labute approximate surface area is 99.8 Å². The standard InChI is InChI=1S/C13H26N2O/c1-5-8-15(12-6-7-12)13(10-16-4)9-14-11(2)3/h5,11-14H,1,6-10H2,2-4H3. The molecule has 0 aromatic carbocycles. The molecule has 0 bridgehead atoms. The smallest absolute Gasteiger partial charge is 0.0630 e. The second-order valence-corrected chi connectivity index (χ2v) is 4.89. The maximum atomic E-state index is 5.33. The molecule has 3 nitrogen and oxygen atoms in total. The van der Waals surface area contributed by atoms with E-state index in [1.165, 1.54) is 12.8 Å². The molecule has 0 amide bonds. The number of hydrogen-bond acceptors (Lipinski definition) is 3. The minimum Gasteiger partial charge on any atom is -0.383 e. The Morgan fingerprint density at radius 2 is 2.19 bits per heavy atom. The summed E-state index contributed by atoms with van der Waals surface area (Å²) in [6, 6.07) is 1.76. The first-order chi connectivity index (χ1) is 7.69. The average Bonchev–Trinajstić information content (AvgIpc) is 3.05. The molecule has 1 atom stereocenters. The molecule has 1 aliphatic rings. The topological polar surface area (TPSA) is 24.5 Å². The fourth-order valence-corrected chi connectivity index (χ4v) is 1.99. The van der Waals surface area contributed by atoms with Crippen LogP contribution >= 0.6 is 0 Å². The van der Waals surface area contributed by atoms with Crippen molar-refractivity contribution in [1.29, 1.82) is 0 Å². The summed E-state index contributed by atoms with van der Waals surface area (Å²) in [4.78, 5) is 2.52. The van der Waals surface area contributed by atoms with Gasteiger partial charge in [0.1, 0.15) is 0 Å². The van der Waals surface area contributed by atoms with E-state index in [2.05, 4.69) is 30.6 Å². The summed E-state index contributed by atoms with van der Waals surface area (Å²) in [7, 11) is 1.78. The van der Waals surface area contributed by atoms with E-state index >= 15 is 0 Å². The van der Waals surface area contributed by atoms with E-state index in [0.717, 1.165) is 25.7 Å². The van der Waals surface area contributed by atoms with E-state index < -0.39 is 0 Å². The minimum atomic E-state index is 0.470. The Hall–Kier alpha value is -0.380. The Morgan fingerprint density at radius 3 is 2.62 bits per heavy atom. The molecule has 0 saturated heterocycles. The maximum Gasteiger partial charge on any atom is 0.0630 e. The number of ether oxygens (including phenoxy) is 1. The first-order valence-corrected chi connectivity index (χ1v) is 6.28. The van der Waals surface area contributed by atoms with Crippen LogP contribution in [-0.4, -0.2) is 49.8 Å². The van der Waals surface area contributed by atoms with Crippen molar-refractivity contribution in [2.24, 2.45) is 0 Å². The highest BCUT2D eigenvalue weighted by molar-refractivity contribution is 4.92. The van der Waals surface area contributed by atoms with Gasteiger partial charge in [-0.2, -0.15) is 0 Å². The zero-order valence-electron chi connectivity index (χ0n) is 10.9. The van der Waals surface area contributed by atoms with Gasteiger partial charge < -0.3 is 10.1 Å². The second kappa shape index (κ2) is 7.05. The van der Waals surface area contributed by atoms with Gasteiger partial charge >= 0.3 is 0 Å². The molecule has 0 aromatic heterocycles. The van der Waals surface area contributed by atoms with Crippen LogP contribution in [0.25, 0.3) is 0 Å². The Balaban J connectivity index is 2.46. The lowest BCUT2D eigenvalue weighted by Gasteiger charge is -2.31. The van der Waals surface area contributed by atoms with Crippen molar-refractivity contribution < 1.29 is 4.74 Å². The highest BCUT2D eigenvalue weighted by Gasteiger charge is 2.32. The van der Waals surface area contributed by atoms with Crippen molar-refractivity contribution in [2.75, 3.05) is 26.8 Å². The van der Waals surface area contributed by atoms with Gasteiger partial charge in [0.05, 0.1) is 6.61 Å². The van der Waals surface area contributed by atoms with Crippen molar-refractivity contribution in [1.82, 2.24) is 10.2 Å². The number of rotatable bonds is 9. The number of hydrogen-bond donors (Lipinski definition) is 1. The summed E-state index contributed by atoms with van der Waals surface area (Å²) in [5, 5.41) is 3.50. The highest BCUT2D eigenvalue weighted by Crippen LogP contribution is 2.28. The molecule has 1 aliphatic carbocycles. The lowest BCUT2D eigenvalue weighted by Crippen LogP contribution is -2.47. The summed E-state index contributed by atoms with van der Waals surface area (Å²) in [6.07, 6.45) is 4.65. The Kier molecular flexibility index (Phi) is 6.03. The van der Waals surface area contributed by atoms with Crippen LogP contribution in [0.1, 0.15) is 26.7 Å². The van der Waals surface area contributed by atoms with E-state index in [-0.39, 0.29) is 0 Å². The summed E-state index contributed by atoms with van der Waals surface area (Å²) in [5.41, 5.74) is 0. The first-order valence-electron chi connectivity index (χ1n) is 6.28. The van der Waals surface area contributed by atoms with Gasteiger partial charge in [0.2, 0.25) is 0 Å². The molecule has 1 rings (SSSR count). The van der Waals surface area contributed by atoms with Crippen LogP contribution in [0.5, 0.6) is 0 Å². The predicted molar refractivity (Wildman–Crippen MR) is 68.7 cm³/mol. The van der Waals surface area contributed by atoms with Gasteiger partial charge in [-0.05, 0) is 12.8 Å². The normalized spacial score (nSPS) is 18.1. The molecular formula is C13H26N2O. The Morgan fingerprint density at radius 1 is 1.50 bits per heavy atom. The summed E-state index contributed by atoms with van der Waals surface area (Å²) < 4.78 is 5.33. The molecule has 0 spiro atoms. The monoisotopic (exact) mass is 226 g/mol. The lowest BCUT2D eigenvalue weighted by atomic mass is 10.2. The highest BCUT2D eigenvalue weighted by atomic mass is 16.5. The van der Waals surface area contributed by atoms with E-state index in [1.54, 1.807) is 7.11 Å². The molecule has 0 aliphatic heterocycles. The van der Waals surface area contributed by atoms with Gasteiger partial charge in [-0.3, -0.25) is 4.90 Å². The molecule has 94 valence electrons. The first kappa shape index (κ1) is 13.7. The largest absolute Gasteiger partial charge is 0.383 e. The zero-order chi connectivity index (χ0) is 12.0. The molecule has 0 heterocycles. The fraction of sp³-hybridized carbons (Fsp3) is 0.846. The summed E-state index contributed by atoms with van der Waals surface area (Å²) >= 11 is 0. The van der Waals surface area contributed by atoms with Gasteiger partial charge in [0.15, 0.2) is 0 Å². The summed E-state index contributed by atoms with van der Waals surface area (Å²) in [5.74, 6) is 0. The molecule has 1 N–H and O–H groups in total. The molecule has 0 radical (unpaired) electrons. The van der Waals surface area contributed by atoms with Crippen LogP contribution in [0.15, 0.2) is 12.7 Å². The summed E-state index contributed by atoms with van der Waals surface area (Å²) in [6.45, 7) is 11.0. The third-order valence-electron chi connectivity index (χ3n) is 2.95. The van der Waals surface area contributed by atoms with Gasteiger partial charge in [-0.1, -0.05) is 19.9 Å². The van der Waals surface area contributed by atoms with Crippen molar-refractivity contribution in [3.05, 3.63) is 12.7 Å². The molecule has 0 aromatic rings. The molecule has 3 heteroatoms. The van der Waals surface area contributed by atoms with Crippen molar-refractivity contribution in [3.63, 3.8) is 0 Å². The van der Waals surface area contributed by atoms with Gasteiger partial charge in [0, 0.05) is 38.3 Å². The fourth-order valence-electron chi connectivity index (χ4n) is 1.99. The van der Waals surface area contributed by atoms with Crippen LogP contribution in [0.4, 0.5) is 0 Å². The number of nitrogens with one attached hydrogen (secondary N) is 1. The maximum absolute atomic E-state index is 5.33. The van der Waals surface area contributed by atoms with E-state index in [4.69, 9.17) is 4.74 Å². The quantitative estimate of drug-likeness (QED) is 0.605. The van der Waals surface area contributed by atoms with Crippen molar-refractivity contribution in [3.8, 4) is 0 Å². The molecule has 16 heavy (non-hydrogen) atoms. The van der Waals surface area contributed by atoms with Crippen LogP contribution in [0, 0.1) is 0 Å².